The van der Waals surface area contributed by atoms with Crippen LogP contribution in [0.15, 0.2) is 24.3 Å². The van der Waals surface area contributed by atoms with Crippen molar-refractivity contribution in [3.8, 4) is 0 Å². The molecule has 0 amide bonds. The first kappa shape index (κ1) is 11.1. The van der Waals surface area contributed by atoms with Gasteiger partial charge in [-0.2, -0.15) is 0 Å². The zero-order valence-corrected chi connectivity index (χ0v) is 8.90. The maximum absolute atomic E-state index is 9.89. The first-order chi connectivity index (χ1) is 6.63. The first-order valence-corrected chi connectivity index (χ1v) is 5.17. The second-order valence-electron chi connectivity index (χ2n) is 3.94. The lowest BCUT2D eigenvalue weighted by Gasteiger charge is -2.15. The van der Waals surface area contributed by atoms with Gasteiger partial charge in [0.2, 0.25) is 0 Å². The lowest BCUT2D eigenvalue weighted by Crippen LogP contribution is -2.04. The third kappa shape index (κ3) is 3.04. The van der Waals surface area contributed by atoms with E-state index in [9.17, 15) is 5.11 Å². The molecule has 0 aliphatic carbocycles. The number of aliphatic hydroxyl groups is 1. The summed E-state index contributed by atoms with van der Waals surface area (Å²) in [5, 5.41) is 9.89. The van der Waals surface area contributed by atoms with Crippen LogP contribution >= 0.6 is 0 Å². The van der Waals surface area contributed by atoms with Crippen molar-refractivity contribution in [1.82, 2.24) is 0 Å². The summed E-state index contributed by atoms with van der Waals surface area (Å²) in [6, 6.07) is 7.47. The number of benzene rings is 1. The van der Waals surface area contributed by atoms with Gasteiger partial charge in [0.05, 0.1) is 6.10 Å². The highest BCUT2D eigenvalue weighted by Gasteiger charge is 2.10. The lowest BCUT2D eigenvalue weighted by molar-refractivity contribution is 0.146. The standard InChI is InChI=1S/C12H19NO/c1-3-9(2)7-12(14)10-5-4-6-11(13)8-10/h4-6,8-9,12,14H,3,7,13H2,1-2H3. The van der Waals surface area contributed by atoms with E-state index in [1.807, 2.05) is 24.3 Å². The number of hydrogen-bond donors (Lipinski definition) is 2. The quantitative estimate of drug-likeness (QED) is 0.722. The maximum Gasteiger partial charge on any atom is 0.0793 e. The minimum Gasteiger partial charge on any atom is -0.399 e. The fraction of sp³-hybridized carbons (Fsp3) is 0.500. The van der Waals surface area contributed by atoms with Crippen LogP contribution in [-0.4, -0.2) is 5.11 Å². The lowest BCUT2D eigenvalue weighted by atomic mass is 9.96. The van der Waals surface area contributed by atoms with Crippen LogP contribution < -0.4 is 5.73 Å². The van der Waals surface area contributed by atoms with E-state index in [1.54, 1.807) is 0 Å². The minimum absolute atomic E-state index is 0.381. The van der Waals surface area contributed by atoms with Crippen LogP contribution in [0.1, 0.15) is 38.4 Å². The molecule has 3 N–H and O–H groups in total. The van der Waals surface area contributed by atoms with Crippen molar-refractivity contribution < 1.29 is 5.11 Å². The minimum atomic E-state index is -0.381. The largest absolute Gasteiger partial charge is 0.399 e. The normalized spacial score (nSPS) is 15.1. The topological polar surface area (TPSA) is 46.2 Å². The Morgan fingerprint density at radius 2 is 2.14 bits per heavy atom. The first-order valence-electron chi connectivity index (χ1n) is 5.17. The van der Waals surface area contributed by atoms with E-state index in [0.717, 1.165) is 18.4 Å². The van der Waals surface area contributed by atoms with Crippen molar-refractivity contribution in [3.05, 3.63) is 29.8 Å². The second kappa shape index (κ2) is 5.01. The average Bonchev–Trinajstić information content (AvgIpc) is 2.17. The number of hydrogen-bond acceptors (Lipinski definition) is 2. The zero-order valence-electron chi connectivity index (χ0n) is 8.90. The Balaban J connectivity index is 2.64. The molecule has 0 saturated heterocycles. The molecule has 0 fully saturated rings. The molecule has 0 saturated carbocycles. The summed E-state index contributed by atoms with van der Waals surface area (Å²) in [7, 11) is 0. The monoisotopic (exact) mass is 193 g/mol. The van der Waals surface area contributed by atoms with Gasteiger partial charge in [0.15, 0.2) is 0 Å². The summed E-state index contributed by atoms with van der Waals surface area (Å²) in [5.41, 5.74) is 7.28. The van der Waals surface area contributed by atoms with Crippen LogP contribution in [0, 0.1) is 5.92 Å². The molecule has 1 rings (SSSR count). The Labute approximate surface area is 85.8 Å². The summed E-state index contributed by atoms with van der Waals surface area (Å²) in [4.78, 5) is 0. The van der Waals surface area contributed by atoms with Crippen molar-refractivity contribution in [2.75, 3.05) is 5.73 Å². The van der Waals surface area contributed by atoms with Crippen LogP contribution in [0.5, 0.6) is 0 Å². The van der Waals surface area contributed by atoms with Crippen LogP contribution in [-0.2, 0) is 0 Å². The highest BCUT2D eigenvalue weighted by Crippen LogP contribution is 2.23. The molecular formula is C12H19NO. The third-order valence-corrected chi connectivity index (χ3v) is 2.62. The summed E-state index contributed by atoms with van der Waals surface area (Å²) in [6.07, 6.45) is 1.52. The summed E-state index contributed by atoms with van der Waals surface area (Å²) < 4.78 is 0. The Morgan fingerprint density at radius 1 is 1.43 bits per heavy atom. The second-order valence-corrected chi connectivity index (χ2v) is 3.94. The van der Waals surface area contributed by atoms with E-state index in [1.165, 1.54) is 0 Å². The molecule has 0 aliphatic rings. The number of aliphatic hydroxyl groups excluding tert-OH is 1. The van der Waals surface area contributed by atoms with Gasteiger partial charge >= 0.3 is 0 Å². The van der Waals surface area contributed by atoms with E-state index in [-0.39, 0.29) is 6.10 Å². The van der Waals surface area contributed by atoms with Crippen LogP contribution in [0.25, 0.3) is 0 Å². The SMILES string of the molecule is CCC(C)CC(O)c1cccc(N)c1. The van der Waals surface area contributed by atoms with Crippen molar-refractivity contribution >= 4 is 5.69 Å². The van der Waals surface area contributed by atoms with Crippen molar-refractivity contribution in [2.45, 2.75) is 32.8 Å². The Bertz CT molecular complexity index is 285. The van der Waals surface area contributed by atoms with Gasteiger partial charge in [-0.3, -0.25) is 0 Å². The molecule has 14 heavy (non-hydrogen) atoms. The predicted molar refractivity (Wildman–Crippen MR) is 59.9 cm³/mol. The summed E-state index contributed by atoms with van der Waals surface area (Å²) >= 11 is 0. The smallest absolute Gasteiger partial charge is 0.0793 e. The molecule has 0 heterocycles. The van der Waals surface area contributed by atoms with Gasteiger partial charge in [-0.1, -0.05) is 32.4 Å². The highest BCUT2D eigenvalue weighted by molar-refractivity contribution is 5.41. The van der Waals surface area contributed by atoms with E-state index in [0.29, 0.717) is 11.6 Å². The zero-order chi connectivity index (χ0) is 10.6. The van der Waals surface area contributed by atoms with Gasteiger partial charge in [-0.05, 0) is 30.0 Å². The molecule has 2 nitrogen and oxygen atoms in total. The van der Waals surface area contributed by atoms with Crippen LogP contribution in [0.2, 0.25) is 0 Å². The van der Waals surface area contributed by atoms with Gasteiger partial charge in [-0.15, -0.1) is 0 Å². The summed E-state index contributed by atoms with van der Waals surface area (Å²) in [6.45, 7) is 4.28. The molecule has 2 heteroatoms. The van der Waals surface area contributed by atoms with Crippen LogP contribution in [0.3, 0.4) is 0 Å². The van der Waals surface area contributed by atoms with E-state index in [2.05, 4.69) is 13.8 Å². The van der Waals surface area contributed by atoms with Crippen molar-refractivity contribution in [1.29, 1.82) is 0 Å². The van der Waals surface area contributed by atoms with Crippen molar-refractivity contribution in [2.24, 2.45) is 5.92 Å². The Kier molecular flexibility index (Phi) is 3.96. The van der Waals surface area contributed by atoms with Gasteiger partial charge in [0.25, 0.3) is 0 Å². The van der Waals surface area contributed by atoms with E-state index < -0.39 is 0 Å². The van der Waals surface area contributed by atoms with Crippen molar-refractivity contribution in [3.63, 3.8) is 0 Å². The number of nitrogens with two attached hydrogens (primary N) is 1. The van der Waals surface area contributed by atoms with Crippen LogP contribution in [0.4, 0.5) is 5.69 Å². The Hall–Kier alpha value is -1.02. The van der Waals surface area contributed by atoms with Gasteiger partial charge < -0.3 is 10.8 Å². The third-order valence-electron chi connectivity index (χ3n) is 2.62. The molecule has 0 radical (unpaired) electrons. The molecule has 0 bridgehead atoms. The molecule has 0 aliphatic heterocycles. The number of rotatable bonds is 4. The fourth-order valence-corrected chi connectivity index (χ4v) is 1.45. The van der Waals surface area contributed by atoms with Gasteiger partial charge in [-0.25, -0.2) is 0 Å². The summed E-state index contributed by atoms with van der Waals surface area (Å²) in [5.74, 6) is 0.548. The molecule has 1 aromatic rings. The predicted octanol–water partition coefficient (Wildman–Crippen LogP) is 2.74. The van der Waals surface area contributed by atoms with Gasteiger partial charge in [0.1, 0.15) is 0 Å². The average molecular weight is 193 g/mol. The molecule has 78 valence electrons. The maximum atomic E-state index is 9.89. The van der Waals surface area contributed by atoms with E-state index in [4.69, 9.17) is 5.73 Å². The molecule has 0 aromatic heterocycles. The molecule has 2 unspecified atom stereocenters. The van der Waals surface area contributed by atoms with Gasteiger partial charge in [0, 0.05) is 5.69 Å². The molecule has 1 aromatic carbocycles. The number of nitrogen functional groups attached to an aromatic ring is 1. The molecule has 0 spiro atoms. The fourth-order valence-electron chi connectivity index (χ4n) is 1.45. The number of anilines is 1. The highest BCUT2D eigenvalue weighted by atomic mass is 16.3. The molecular weight excluding hydrogens is 174 g/mol. The molecule has 2 atom stereocenters. The van der Waals surface area contributed by atoms with E-state index >= 15 is 0 Å². The Morgan fingerprint density at radius 3 is 2.71 bits per heavy atom.